The molecule has 0 saturated heterocycles. The molecule has 0 amide bonds. The molecule has 4 rings (SSSR count). The lowest BCUT2D eigenvalue weighted by atomic mass is 9.99. The number of hydrogen-bond donors (Lipinski definition) is 1. The molecule has 0 aliphatic rings. The predicted molar refractivity (Wildman–Crippen MR) is 122 cm³/mol. The first-order valence-corrected chi connectivity index (χ1v) is 10.2. The Morgan fingerprint density at radius 3 is 2.41 bits per heavy atom. The molecule has 1 N–H and O–H groups in total. The SMILES string of the molecule is COc1ccc(-c2c(C)noc2-c2ccc(OCc3ccccc3C)cc2O)cc1OC. The number of methoxy groups -OCH3 is 2. The van der Waals surface area contributed by atoms with Gasteiger partial charge in [-0.3, -0.25) is 0 Å². The molecule has 0 saturated carbocycles. The molecular weight excluding hydrogens is 406 g/mol. The smallest absolute Gasteiger partial charge is 0.178 e. The van der Waals surface area contributed by atoms with Gasteiger partial charge in [0.05, 0.1) is 31.0 Å². The van der Waals surface area contributed by atoms with Gasteiger partial charge in [0.25, 0.3) is 0 Å². The predicted octanol–water partition coefficient (Wildman–Crippen LogP) is 5.93. The number of rotatable bonds is 7. The van der Waals surface area contributed by atoms with Crippen molar-refractivity contribution in [3.05, 3.63) is 77.5 Å². The molecule has 0 bridgehead atoms. The van der Waals surface area contributed by atoms with Gasteiger partial charge in [-0.15, -0.1) is 0 Å². The zero-order chi connectivity index (χ0) is 22.7. The van der Waals surface area contributed by atoms with Crippen LogP contribution in [0.2, 0.25) is 0 Å². The fourth-order valence-corrected chi connectivity index (χ4v) is 3.61. The molecule has 6 heteroatoms. The van der Waals surface area contributed by atoms with E-state index in [1.807, 2.05) is 62.4 Å². The van der Waals surface area contributed by atoms with Crippen molar-refractivity contribution >= 4 is 0 Å². The first kappa shape index (κ1) is 21.3. The van der Waals surface area contributed by atoms with Gasteiger partial charge in [0.2, 0.25) is 0 Å². The Hall–Kier alpha value is -3.93. The van der Waals surface area contributed by atoms with Gasteiger partial charge in [-0.25, -0.2) is 0 Å². The Morgan fingerprint density at radius 1 is 0.906 bits per heavy atom. The first-order valence-electron chi connectivity index (χ1n) is 10.2. The van der Waals surface area contributed by atoms with Gasteiger partial charge in [0.15, 0.2) is 17.3 Å². The topological polar surface area (TPSA) is 74.0 Å². The molecule has 0 unspecified atom stereocenters. The van der Waals surface area contributed by atoms with Gasteiger partial charge in [-0.2, -0.15) is 0 Å². The molecular formula is C26H25NO5. The minimum absolute atomic E-state index is 0.0464. The van der Waals surface area contributed by atoms with Gasteiger partial charge < -0.3 is 23.8 Å². The summed E-state index contributed by atoms with van der Waals surface area (Å²) in [7, 11) is 3.18. The summed E-state index contributed by atoms with van der Waals surface area (Å²) in [5, 5.41) is 14.9. The number of phenols is 1. The van der Waals surface area contributed by atoms with Crippen LogP contribution in [0.1, 0.15) is 16.8 Å². The summed E-state index contributed by atoms with van der Waals surface area (Å²) in [5.41, 5.74) is 5.10. The molecule has 0 aliphatic heterocycles. The molecule has 6 nitrogen and oxygen atoms in total. The number of ether oxygens (including phenoxy) is 3. The molecule has 4 aromatic rings. The average Bonchev–Trinajstić information content (AvgIpc) is 3.19. The Balaban J connectivity index is 1.65. The molecule has 3 aromatic carbocycles. The van der Waals surface area contributed by atoms with Gasteiger partial charge in [0, 0.05) is 6.07 Å². The molecule has 0 aliphatic carbocycles. The van der Waals surface area contributed by atoms with Crippen molar-refractivity contribution in [2.24, 2.45) is 0 Å². The number of aryl methyl sites for hydroxylation is 2. The normalized spacial score (nSPS) is 10.8. The van der Waals surface area contributed by atoms with Crippen LogP contribution in [-0.2, 0) is 6.61 Å². The quantitative estimate of drug-likeness (QED) is 0.391. The highest BCUT2D eigenvalue weighted by molar-refractivity contribution is 5.84. The minimum atomic E-state index is 0.0464. The van der Waals surface area contributed by atoms with Crippen molar-refractivity contribution in [3.8, 4) is 45.4 Å². The zero-order valence-corrected chi connectivity index (χ0v) is 18.5. The van der Waals surface area contributed by atoms with Gasteiger partial charge in [-0.1, -0.05) is 35.5 Å². The van der Waals surface area contributed by atoms with Crippen LogP contribution >= 0.6 is 0 Å². The highest BCUT2D eigenvalue weighted by Gasteiger charge is 2.21. The maximum absolute atomic E-state index is 10.7. The summed E-state index contributed by atoms with van der Waals surface area (Å²) < 4.78 is 22.3. The van der Waals surface area contributed by atoms with Crippen LogP contribution in [-0.4, -0.2) is 24.5 Å². The number of hydrogen-bond acceptors (Lipinski definition) is 6. The summed E-state index contributed by atoms with van der Waals surface area (Å²) in [6, 6.07) is 18.8. The van der Waals surface area contributed by atoms with E-state index in [4.69, 9.17) is 18.7 Å². The van der Waals surface area contributed by atoms with E-state index in [1.54, 1.807) is 26.4 Å². The lowest BCUT2D eigenvalue weighted by Gasteiger charge is -2.12. The standard InChI is InChI=1S/C26H25NO5/c1-16-7-5-6-8-19(16)15-31-20-10-11-21(22(28)14-20)26-25(17(2)27-32-26)18-9-12-23(29-3)24(13-18)30-4/h5-14,28H,15H2,1-4H3. The monoisotopic (exact) mass is 431 g/mol. The third kappa shape index (κ3) is 4.12. The Labute approximate surface area is 187 Å². The lowest BCUT2D eigenvalue weighted by Crippen LogP contribution is -1.97. The van der Waals surface area contributed by atoms with Gasteiger partial charge >= 0.3 is 0 Å². The van der Waals surface area contributed by atoms with E-state index in [0.717, 1.165) is 22.3 Å². The van der Waals surface area contributed by atoms with Gasteiger partial charge in [-0.05, 0) is 54.8 Å². The molecule has 0 atom stereocenters. The first-order chi connectivity index (χ1) is 15.5. The second-order valence-corrected chi connectivity index (χ2v) is 7.44. The van der Waals surface area contributed by atoms with Crippen LogP contribution in [0, 0.1) is 13.8 Å². The zero-order valence-electron chi connectivity index (χ0n) is 18.5. The van der Waals surface area contributed by atoms with E-state index < -0.39 is 0 Å². The van der Waals surface area contributed by atoms with E-state index in [1.165, 1.54) is 0 Å². The van der Waals surface area contributed by atoms with Crippen LogP contribution < -0.4 is 14.2 Å². The van der Waals surface area contributed by atoms with E-state index in [9.17, 15) is 5.11 Å². The number of aromatic hydroxyl groups is 1. The van der Waals surface area contributed by atoms with Crippen LogP contribution in [0.4, 0.5) is 0 Å². The highest BCUT2D eigenvalue weighted by atomic mass is 16.5. The second-order valence-electron chi connectivity index (χ2n) is 7.44. The van der Waals surface area contributed by atoms with Gasteiger partial charge in [0.1, 0.15) is 18.1 Å². The maximum atomic E-state index is 10.7. The number of phenolic OH excluding ortho intramolecular Hbond substituents is 1. The average molecular weight is 431 g/mol. The maximum Gasteiger partial charge on any atom is 0.178 e. The van der Waals surface area contributed by atoms with Crippen molar-refractivity contribution in [2.45, 2.75) is 20.5 Å². The molecule has 0 radical (unpaired) electrons. The fourth-order valence-electron chi connectivity index (χ4n) is 3.61. The Bertz CT molecular complexity index is 1240. The van der Waals surface area contributed by atoms with Crippen molar-refractivity contribution in [1.29, 1.82) is 0 Å². The summed E-state index contributed by atoms with van der Waals surface area (Å²) in [6.07, 6.45) is 0. The summed E-state index contributed by atoms with van der Waals surface area (Å²) in [4.78, 5) is 0. The molecule has 164 valence electrons. The largest absolute Gasteiger partial charge is 0.507 e. The molecule has 32 heavy (non-hydrogen) atoms. The number of benzene rings is 3. The van der Waals surface area contributed by atoms with E-state index in [-0.39, 0.29) is 5.75 Å². The van der Waals surface area contributed by atoms with Crippen molar-refractivity contribution in [3.63, 3.8) is 0 Å². The van der Waals surface area contributed by atoms with E-state index in [0.29, 0.717) is 40.9 Å². The highest BCUT2D eigenvalue weighted by Crippen LogP contribution is 2.42. The van der Waals surface area contributed by atoms with Crippen molar-refractivity contribution in [2.75, 3.05) is 14.2 Å². The van der Waals surface area contributed by atoms with Crippen molar-refractivity contribution < 1.29 is 23.8 Å². The van der Waals surface area contributed by atoms with Crippen LogP contribution in [0.15, 0.2) is 65.2 Å². The van der Waals surface area contributed by atoms with E-state index in [2.05, 4.69) is 5.16 Å². The number of nitrogens with zero attached hydrogens (tertiary/aromatic N) is 1. The Morgan fingerprint density at radius 2 is 1.69 bits per heavy atom. The molecule has 1 heterocycles. The third-order valence-corrected chi connectivity index (χ3v) is 5.40. The summed E-state index contributed by atoms with van der Waals surface area (Å²) >= 11 is 0. The van der Waals surface area contributed by atoms with E-state index >= 15 is 0 Å². The lowest BCUT2D eigenvalue weighted by molar-refractivity contribution is 0.303. The van der Waals surface area contributed by atoms with Crippen LogP contribution in [0.5, 0.6) is 23.0 Å². The van der Waals surface area contributed by atoms with Crippen molar-refractivity contribution in [1.82, 2.24) is 5.16 Å². The second kappa shape index (κ2) is 9.06. The minimum Gasteiger partial charge on any atom is -0.507 e. The molecule has 1 aromatic heterocycles. The summed E-state index contributed by atoms with van der Waals surface area (Å²) in [5.74, 6) is 2.31. The van der Waals surface area contributed by atoms with Crippen LogP contribution in [0.25, 0.3) is 22.5 Å². The third-order valence-electron chi connectivity index (χ3n) is 5.40. The molecule has 0 fully saturated rings. The molecule has 0 spiro atoms. The fraction of sp³-hybridized carbons (Fsp3) is 0.192. The summed E-state index contributed by atoms with van der Waals surface area (Å²) in [6.45, 7) is 4.32. The Kier molecular flexibility index (Phi) is 6.03. The van der Waals surface area contributed by atoms with Crippen LogP contribution in [0.3, 0.4) is 0 Å². The number of aromatic nitrogens is 1.